The molecular formula is C12H14N2O3. The van der Waals surface area contributed by atoms with Crippen molar-refractivity contribution >= 4 is 11.9 Å². The van der Waals surface area contributed by atoms with Gasteiger partial charge >= 0.3 is 5.97 Å². The van der Waals surface area contributed by atoms with Gasteiger partial charge in [-0.3, -0.25) is 9.78 Å². The number of carboxylic acids is 1. The van der Waals surface area contributed by atoms with Crippen molar-refractivity contribution in [3.63, 3.8) is 0 Å². The molecule has 0 aromatic carbocycles. The third-order valence-electron chi connectivity index (χ3n) is 2.19. The summed E-state index contributed by atoms with van der Waals surface area (Å²) in [4.78, 5) is 26.4. The van der Waals surface area contributed by atoms with Crippen LogP contribution in [0.15, 0.2) is 37.2 Å². The van der Waals surface area contributed by atoms with Gasteiger partial charge in [-0.05, 0) is 25.0 Å². The van der Waals surface area contributed by atoms with Crippen LogP contribution in [0.25, 0.3) is 0 Å². The first-order valence-corrected chi connectivity index (χ1v) is 5.19. The molecule has 1 unspecified atom stereocenters. The van der Waals surface area contributed by atoms with Crippen molar-refractivity contribution < 1.29 is 14.7 Å². The molecule has 1 heterocycles. The van der Waals surface area contributed by atoms with Crippen molar-refractivity contribution in [2.24, 2.45) is 0 Å². The van der Waals surface area contributed by atoms with E-state index in [-0.39, 0.29) is 0 Å². The van der Waals surface area contributed by atoms with E-state index < -0.39 is 17.9 Å². The van der Waals surface area contributed by atoms with Crippen LogP contribution in [0.3, 0.4) is 0 Å². The molecule has 0 bridgehead atoms. The quantitative estimate of drug-likeness (QED) is 0.725. The van der Waals surface area contributed by atoms with Crippen LogP contribution in [0.1, 0.15) is 23.2 Å². The van der Waals surface area contributed by atoms with Gasteiger partial charge in [-0.1, -0.05) is 6.08 Å². The fourth-order valence-electron chi connectivity index (χ4n) is 1.28. The Labute approximate surface area is 99.2 Å². The molecule has 1 atom stereocenters. The number of pyridine rings is 1. The predicted octanol–water partition coefficient (Wildman–Crippen LogP) is 1.23. The first kappa shape index (κ1) is 12.9. The van der Waals surface area contributed by atoms with Crippen LogP contribution in [0.2, 0.25) is 0 Å². The number of aromatic nitrogens is 1. The fourth-order valence-corrected chi connectivity index (χ4v) is 1.28. The molecule has 0 aliphatic carbocycles. The maximum atomic E-state index is 11.7. The summed E-state index contributed by atoms with van der Waals surface area (Å²) in [7, 11) is 0. The third kappa shape index (κ3) is 4.06. The molecule has 2 N–H and O–H groups in total. The zero-order chi connectivity index (χ0) is 12.7. The van der Waals surface area contributed by atoms with Gasteiger partial charge in [0.1, 0.15) is 6.04 Å². The summed E-state index contributed by atoms with van der Waals surface area (Å²) in [5.41, 5.74) is 0.345. The molecule has 1 rings (SSSR count). The van der Waals surface area contributed by atoms with Gasteiger partial charge in [-0.2, -0.15) is 0 Å². The number of rotatable bonds is 6. The summed E-state index contributed by atoms with van der Waals surface area (Å²) >= 11 is 0. The molecule has 90 valence electrons. The lowest BCUT2D eigenvalue weighted by Gasteiger charge is -2.13. The molecule has 1 aromatic rings. The zero-order valence-corrected chi connectivity index (χ0v) is 9.30. The first-order chi connectivity index (χ1) is 8.15. The van der Waals surface area contributed by atoms with E-state index in [1.807, 2.05) is 0 Å². The van der Waals surface area contributed by atoms with Gasteiger partial charge in [0.15, 0.2) is 0 Å². The van der Waals surface area contributed by atoms with E-state index in [2.05, 4.69) is 16.9 Å². The number of carbonyl (C=O) groups excluding carboxylic acids is 1. The first-order valence-electron chi connectivity index (χ1n) is 5.19. The molecule has 0 saturated carbocycles. The third-order valence-corrected chi connectivity index (χ3v) is 2.19. The summed E-state index contributed by atoms with van der Waals surface area (Å²) < 4.78 is 0. The standard InChI is InChI=1S/C12H14N2O3/c1-2-3-6-10(12(16)17)14-11(15)9-5-4-7-13-8-9/h2,4-5,7-8,10H,1,3,6H2,(H,14,15)(H,16,17). The molecule has 0 aliphatic rings. The molecule has 5 nitrogen and oxygen atoms in total. The van der Waals surface area contributed by atoms with Crippen LogP contribution in [-0.2, 0) is 4.79 Å². The van der Waals surface area contributed by atoms with Crippen LogP contribution >= 0.6 is 0 Å². The molecule has 1 amide bonds. The van der Waals surface area contributed by atoms with Crippen LogP contribution in [0, 0.1) is 0 Å². The summed E-state index contributed by atoms with van der Waals surface area (Å²) in [5, 5.41) is 11.4. The predicted molar refractivity (Wildman–Crippen MR) is 62.6 cm³/mol. The topological polar surface area (TPSA) is 79.3 Å². The smallest absolute Gasteiger partial charge is 0.326 e. The zero-order valence-electron chi connectivity index (χ0n) is 9.30. The van der Waals surface area contributed by atoms with Gasteiger partial charge < -0.3 is 10.4 Å². The molecule has 0 spiro atoms. The lowest BCUT2D eigenvalue weighted by atomic mass is 10.1. The van der Waals surface area contributed by atoms with Crippen molar-refractivity contribution in [2.45, 2.75) is 18.9 Å². The Morgan fingerprint density at radius 2 is 2.35 bits per heavy atom. The monoisotopic (exact) mass is 234 g/mol. The minimum absolute atomic E-state index is 0.324. The van der Waals surface area contributed by atoms with Gasteiger partial charge in [0, 0.05) is 12.4 Å². The second-order valence-corrected chi connectivity index (χ2v) is 3.47. The van der Waals surface area contributed by atoms with Crippen molar-refractivity contribution in [2.75, 3.05) is 0 Å². The largest absolute Gasteiger partial charge is 0.480 e. The summed E-state index contributed by atoms with van der Waals surface area (Å²) in [5.74, 6) is -1.49. The highest BCUT2D eigenvalue weighted by Crippen LogP contribution is 2.02. The number of hydrogen-bond donors (Lipinski definition) is 2. The number of nitrogens with zero attached hydrogens (tertiary/aromatic N) is 1. The molecule has 0 radical (unpaired) electrons. The van der Waals surface area contributed by atoms with E-state index >= 15 is 0 Å². The van der Waals surface area contributed by atoms with Crippen LogP contribution < -0.4 is 5.32 Å². The van der Waals surface area contributed by atoms with E-state index in [1.54, 1.807) is 24.4 Å². The number of carboxylic acid groups (broad SMARTS) is 1. The Morgan fingerprint density at radius 1 is 1.59 bits per heavy atom. The second kappa shape index (κ2) is 6.42. The Morgan fingerprint density at radius 3 is 2.88 bits per heavy atom. The molecule has 1 aromatic heterocycles. The number of allylic oxidation sites excluding steroid dienone is 1. The molecule has 0 saturated heterocycles. The van der Waals surface area contributed by atoms with Gasteiger partial charge in [0.25, 0.3) is 5.91 Å². The summed E-state index contributed by atoms with van der Waals surface area (Å²) in [6.45, 7) is 3.51. The van der Waals surface area contributed by atoms with Gasteiger partial charge in [0.05, 0.1) is 5.56 Å². The van der Waals surface area contributed by atoms with Gasteiger partial charge in [-0.25, -0.2) is 4.79 Å². The molecule has 5 heteroatoms. The molecule has 0 fully saturated rings. The van der Waals surface area contributed by atoms with Crippen molar-refractivity contribution in [3.05, 3.63) is 42.7 Å². The average Bonchev–Trinajstić information content (AvgIpc) is 2.35. The van der Waals surface area contributed by atoms with Crippen LogP contribution in [-0.4, -0.2) is 28.0 Å². The van der Waals surface area contributed by atoms with E-state index in [0.717, 1.165) is 0 Å². The maximum absolute atomic E-state index is 11.7. The highest BCUT2D eigenvalue weighted by Gasteiger charge is 2.19. The molecule has 0 aliphatic heterocycles. The second-order valence-electron chi connectivity index (χ2n) is 3.47. The maximum Gasteiger partial charge on any atom is 0.326 e. The number of carbonyl (C=O) groups is 2. The lowest BCUT2D eigenvalue weighted by Crippen LogP contribution is -2.40. The van der Waals surface area contributed by atoms with E-state index in [9.17, 15) is 9.59 Å². The highest BCUT2D eigenvalue weighted by molar-refractivity contribution is 5.96. The van der Waals surface area contributed by atoms with E-state index in [1.165, 1.54) is 6.20 Å². The van der Waals surface area contributed by atoms with Crippen molar-refractivity contribution in [3.8, 4) is 0 Å². The summed E-state index contributed by atoms with van der Waals surface area (Å²) in [6, 6.07) is 2.30. The van der Waals surface area contributed by atoms with E-state index in [0.29, 0.717) is 18.4 Å². The summed E-state index contributed by atoms with van der Waals surface area (Å²) in [6.07, 6.45) is 5.41. The Kier molecular flexibility index (Phi) is 4.87. The SMILES string of the molecule is C=CCCC(NC(=O)c1cccnc1)C(=O)O. The number of nitrogens with one attached hydrogen (secondary N) is 1. The Bertz CT molecular complexity index is 403. The lowest BCUT2D eigenvalue weighted by molar-refractivity contribution is -0.139. The fraction of sp³-hybridized carbons (Fsp3) is 0.250. The van der Waals surface area contributed by atoms with E-state index in [4.69, 9.17) is 5.11 Å². The van der Waals surface area contributed by atoms with Crippen LogP contribution in [0.5, 0.6) is 0 Å². The number of amides is 1. The normalized spacial score (nSPS) is 11.5. The minimum atomic E-state index is -1.05. The molecular weight excluding hydrogens is 220 g/mol. The number of aliphatic carboxylic acids is 1. The van der Waals surface area contributed by atoms with Crippen molar-refractivity contribution in [1.29, 1.82) is 0 Å². The Balaban J connectivity index is 2.64. The Hall–Kier alpha value is -2.17. The van der Waals surface area contributed by atoms with Crippen LogP contribution in [0.4, 0.5) is 0 Å². The van der Waals surface area contributed by atoms with Gasteiger partial charge in [-0.15, -0.1) is 6.58 Å². The molecule has 17 heavy (non-hydrogen) atoms. The van der Waals surface area contributed by atoms with Gasteiger partial charge in [0.2, 0.25) is 0 Å². The minimum Gasteiger partial charge on any atom is -0.480 e. The highest BCUT2D eigenvalue weighted by atomic mass is 16.4. The van der Waals surface area contributed by atoms with Crippen molar-refractivity contribution in [1.82, 2.24) is 10.3 Å². The number of hydrogen-bond acceptors (Lipinski definition) is 3. The average molecular weight is 234 g/mol.